The van der Waals surface area contributed by atoms with Gasteiger partial charge in [-0.1, -0.05) is 6.07 Å². The molecule has 4 rings (SSSR count). The molecule has 9 nitrogen and oxygen atoms in total. The molecular weight excluding hydrogens is 569 g/mol. The smallest absolute Gasteiger partial charge is 0.461 e. The second-order valence-corrected chi connectivity index (χ2v) is 10.8. The predicted molar refractivity (Wildman–Crippen MR) is 109 cm³/mol. The van der Waals surface area contributed by atoms with Crippen LogP contribution in [0.4, 0.5) is 8.78 Å². The van der Waals surface area contributed by atoms with Crippen LogP contribution in [0.25, 0.3) is 0 Å². The zero-order valence-corrected chi connectivity index (χ0v) is 19.3. The molecule has 0 spiro atoms. The van der Waals surface area contributed by atoms with Gasteiger partial charge in [-0.25, -0.2) is 4.79 Å². The van der Waals surface area contributed by atoms with E-state index in [1.165, 1.54) is 0 Å². The number of halogens is 3. The maximum atomic E-state index is 13.7. The van der Waals surface area contributed by atoms with Crippen molar-refractivity contribution in [3.8, 4) is 0 Å². The number of aryl methyl sites for hydroxylation is 1. The van der Waals surface area contributed by atoms with Crippen LogP contribution in [0.5, 0.6) is 0 Å². The summed E-state index contributed by atoms with van der Waals surface area (Å²) in [6.45, 7) is 1.79. The molecule has 0 amide bonds. The molecule has 1 saturated heterocycles. The van der Waals surface area contributed by atoms with Crippen LogP contribution in [0.3, 0.4) is 0 Å². The predicted octanol–water partition coefficient (Wildman–Crippen LogP) is 1.84. The van der Waals surface area contributed by atoms with E-state index < -0.39 is 69.2 Å². The molecule has 2 aliphatic carbocycles. The largest absolute Gasteiger partial charge is 0.465 e. The highest BCUT2D eigenvalue weighted by Crippen LogP contribution is 2.59. The molecule has 32 heavy (non-hydrogen) atoms. The number of rotatable bonds is 6. The van der Waals surface area contributed by atoms with Crippen LogP contribution >= 0.6 is 22.6 Å². The summed E-state index contributed by atoms with van der Waals surface area (Å²) in [7, 11) is -6.06. The van der Waals surface area contributed by atoms with Gasteiger partial charge in [0, 0.05) is 15.4 Å². The van der Waals surface area contributed by atoms with Crippen molar-refractivity contribution in [2.75, 3.05) is 0 Å². The monoisotopic (exact) mass is 586 g/mol. The Balaban J connectivity index is 1.52. The van der Waals surface area contributed by atoms with Gasteiger partial charge in [-0.3, -0.25) is 14.1 Å². The molecular formula is C19H17F2IO9S. The molecule has 6 unspecified atom stereocenters. The van der Waals surface area contributed by atoms with E-state index in [0.717, 1.165) is 9.13 Å². The Bertz CT molecular complexity index is 1090. The Morgan fingerprint density at radius 2 is 1.97 bits per heavy atom. The summed E-state index contributed by atoms with van der Waals surface area (Å²) in [6.07, 6.45) is -2.35. The number of hydrogen-bond donors (Lipinski definition) is 1. The third kappa shape index (κ3) is 3.77. The highest BCUT2D eigenvalue weighted by molar-refractivity contribution is 14.1. The lowest BCUT2D eigenvalue weighted by Crippen LogP contribution is -2.47. The highest BCUT2D eigenvalue weighted by Gasteiger charge is 2.71. The molecule has 3 aliphatic rings. The fourth-order valence-electron chi connectivity index (χ4n) is 4.91. The lowest BCUT2D eigenvalue weighted by atomic mass is 9.78. The Hall–Kier alpha value is -1.87. The van der Waals surface area contributed by atoms with E-state index in [4.69, 9.17) is 14.0 Å². The van der Waals surface area contributed by atoms with Gasteiger partial charge in [0.15, 0.2) is 0 Å². The number of hydrogen-bond acceptors (Lipinski definition) is 8. The van der Waals surface area contributed by atoms with E-state index in [2.05, 4.69) is 27.3 Å². The molecule has 13 heteroatoms. The number of alkyl halides is 2. The van der Waals surface area contributed by atoms with Gasteiger partial charge in [0.05, 0.1) is 11.8 Å². The summed E-state index contributed by atoms with van der Waals surface area (Å²) in [4.78, 5) is 36.9. The quantitative estimate of drug-likeness (QED) is 0.230. The molecule has 1 aromatic carbocycles. The van der Waals surface area contributed by atoms with E-state index in [9.17, 15) is 31.6 Å². The molecule has 3 fully saturated rings. The van der Waals surface area contributed by atoms with Crippen molar-refractivity contribution >= 4 is 50.6 Å². The van der Waals surface area contributed by atoms with Gasteiger partial charge in [-0.15, -0.1) is 0 Å². The maximum Gasteiger partial charge on any atom is 0.465 e. The maximum absolute atomic E-state index is 13.7. The molecule has 0 aromatic heterocycles. The van der Waals surface area contributed by atoms with Crippen molar-refractivity contribution in [1.82, 2.24) is 0 Å². The van der Waals surface area contributed by atoms with Gasteiger partial charge >= 0.3 is 33.3 Å². The van der Waals surface area contributed by atoms with Crippen LogP contribution in [-0.4, -0.2) is 48.3 Å². The van der Waals surface area contributed by atoms with E-state index >= 15 is 0 Å². The fourth-order valence-corrected chi connectivity index (χ4v) is 6.06. The van der Waals surface area contributed by atoms with Gasteiger partial charge < -0.3 is 14.2 Å². The van der Waals surface area contributed by atoms with Gasteiger partial charge in [0.25, 0.3) is 0 Å². The molecule has 6 atom stereocenters. The van der Waals surface area contributed by atoms with Gasteiger partial charge in [0.2, 0.25) is 0 Å². The average molecular weight is 586 g/mol. The van der Waals surface area contributed by atoms with E-state index in [1.54, 1.807) is 0 Å². The van der Waals surface area contributed by atoms with E-state index in [1.807, 2.05) is 25.1 Å². The summed E-state index contributed by atoms with van der Waals surface area (Å²) in [5.74, 6) is -7.36. The number of benzene rings is 1. The summed E-state index contributed by atoms with van der Waals surface area (Å²) < 4.78 is 73.7. The SMILES string of the molecule is Cc1cc(I)cc(COC(=O)C2C3CC4C(OC(=O)C42)C3OC(=O)C(F)(F)S(=O)(=O)O)c1. The fraction of sp³-hybridized carbons (Fsp3) is 0.526. The molecule has 2 saturated carbocycles. The second kappa shape index (κ2) is 7.87. The standard InChI is InChI=1S/C19H17F2IO9S/c1-7-2-8(4-9(22)3-7)6-29-16(23)12-10-5-11-13(12)17(24)30-14(11)15(10)31-18(25)19(20,21)32(26,27)28/h2-4,10-15H,5-6H2,1H3,(H,26,27,28). The Morgan fingerprint density at radius 3 is 2.59 bits per heavy atom. The third-order valence-corrected chi connectivity index (χ3v) is 7.54. The number of ether oxygens (including phenoxy) is 3. The topological polar surface area (TPSA) is 133 Å². The molecule has 2 bridgehead atoms. The van der Waals surface area contributed by atoms with Crippen molar-refractivity contribution in [2.24, 2.45) is 23.7 Å². The zero-order valence-electron chi connectivity index (χ0n) is 16.4. The minimum Gasteiger partial charge on any atom is -0.461 e. The summed E-state index contributed by atoms with van der Waals surface area (Å²) in [5.41, 5.74) is 1.67. The first-order valence-electron chi connectivity index (χ1n) is 9.50. The van der Waals surface area contributed by atoms with Crippen molar-refractivity contribution in [1.29, 1.82) is 0 Å². The first kappa shape index (κ1) is 23.3. The molecule has 0 radical (unpaired) electrons. The van der Waals surface area contributed by atoms with Crippen LogP contribution in [0.2, 0.25) is 0 Å². The normalized spacial score (nSPS) is 30.8. The van der Waals surface area contributed by atoms with Crippen molar-refractivity contribution in [2.45, 2.75) is 37.4 Å². The first-order chi connectivity index (χ1) is 14.8. The van der Waals surface area contributed by atoms with Crippen LogP contribution in [-0.2, 0) is 45.3 Å². The van der Waals surface area contributed by atoms with Crippen molar-refractivity contribution in [3.63, 3.8) is 0 Å². The second-order valence-electron chi connectivity index (χ2n) is 8.12. The molecule has 1 heterocycles. The minimum absolute atomic E-state index is 0.0825. The van der Waals surface area contributed by atoms with Crippen LogP contribution in [0, 0.1) is 34.2 Å². The first-order valence-corrected chi connectivity index (χ1v) is 12.0. The highest BCUT2D eigenvalue weighted by atomic mass is 127. The Kier molecular flexibility index (Phi) is 5.73. The third-order valence-electron chi connectivity index (χ3n) is 6.11. The summed E-state index contributed by atoms with van der Waals surface area (Å²) >= 11 is 2.11. The average Bonchev–Trinajstić information content (AvgIpc) is 3.28. The molecule has 1 N–H and O–H groups in total. The molecule has 174 valence electrons. The lowest BCUT2D eigenvalue weighted by Gasteiger charge is -2.30. The van der Waals surface area contributed by atoms with Crippen LogP contribution in [0.1, 0.15) is 17.5 Å². The number of carbonyl (C=O) groups excluding carboxylic acids is 3. The zero-order chi connectivity index (χ0) is 23.6. The summed E-state index contributed by atoms with van der Waals surface area (Å²) in [5, 5.41) is -5.20. The lowest BCUT2D eigenvalue weighted by molar-refractivity contribution is -0.179. The molecule has 1 aliphatic heterocycles. The number of carbonyl (C=O) groups is 3. The summed E-state index contributed by atoms with van der Waals surface area (Å²) in [6, 6.07) is 5.55. The minimum atomic E-state index is -6.06. The van der Waals surface area contributed by atoms with Gasteiger partial charge in [-0.05, 0) is 59.2 Å². The number of fused-ring (bicyclic) bond motifs is 1. The number of esters is 3. The van der Waals surface area contributed by atoms with Crippen LogP contribution in [0.15, 0.2) is 18.2 Å². The van der Waals surface area contributed by atoms with Crippen LogP contribution < -0.4 is 0 Å². The van der Waals surface area contributed by atoms with Gasteiger partial charge in [0.1, 0.15) is 18.8 Å². The Labute approximate surface area is 194 Å². The Morgan fingerprint density at radius 1 is 1.28 bits per heavy atom. The molecule has 1 aromatic rings. The van der Waals surface area contributed by atoms with E-state index in [0.29, 0.717) is 5.56 Å². The van der Waals surface area contributed by atoms with Crippen molar-refractivity contribution in [3.05, 3.63) is 32.9 Å². The van der Waals surface area contributed by atoms with E-state index in [-0.39, 0.29) is 13.0 Å². The van der Waals surface area contributed by atoms with Crippen molar-refractivity contribution < 1.29 is 50.3 Å². The van der Waals surface area contributed by atoms with Gasteiger partial charge in [-0.2, -0.15) is 17.2 Å².